The molecule has 0 radical (unpaired) electrons. The quantitative estimate of drug-likeness (QED) is 0.857. The Kier molecular flexibility index (Phi) is 4.07. The van der Waals surface area contributed by atoms with Crippen LogP contribution >= 0.6 is 0 Å². The zero-order valence-corrected chi connectivity index (χ0v) is 10.6. The van der Waals surface area contributed by atoms with E-state index in [1.54, 1.807) is 24.1 Å². The number of benzene rings is 1. The summed E-state index contributed by atoms with van der Waals surface area (Å²) in [4.78, 5) is 1.64. The standard InChI is InChI=1S/C13H13F3N2O2/c1-18(7-8-3-2-4-19-8)11-6-12(20-13(15)16)9(14)5-10(11)17/h2-6,13H,7,17H2,1H3. The third kappa shape index (κ3) is 3.17. The van der Waals surface area contributed by atoms with E-state index in [1.807, 2.05) is 0 Å². The lowest BCUT2D eigenvalue weighted by Gasteiger charge is -2.21. The van der Waals surface area contributed by atoms with Gasteiger partial charge in [-0.15, -0.1) is 0 Å². The molecular formula is C13H13F3N2O2. The fraction of sp³-hybridized carbons (Fsp3) is 0.231. The maximum absolute atomic E-state index is 13.5. The topological polar surface area (TPSA) is 51.6 Å². The van der Waals surface area contributed by atoms with Crippen LogP contribution in [-0.4, -0.2) is 13.7 Å². The van der Waals surface area contributed by atoms with Crippen molar-refractivity contribution < 1.29 is 22.3 Å². The van der Waals surface area contributed by atoms with Gasteiger partial charge >= 0.3 is 6.61 Å². The van der Waals surface area contributed by atoms with Crippen molar-refractivity contribution in [1.29, 1.82) is 0 Å². The second-order valence-electron chi connectivity index (χ2n) is 4.16. The lowest BCUT2D eigenvalue weighted by atomic mass is 10.2. The van der Waals surface area contributed by atoms with Crippen molar-refractivity contribution >= 4 is 11.4 Å². The largest absolute Gasteiger partial charge is 0.467 e. The van der Waals surface area contributed by atoms with Crippen LogP contribution in [0.25, 0.3) is 0 Å². The van der Waals surface area contributed by atoms with Gasteiger partial charge in [-0.2, -0.15) is 8.78 Å². The maximum Gasteiger partial charge on any atom is 0.387 e. The molecule has 2 rings (SSSR count). The summed E-state index contributed by atoms with van der Waals surface area (Å²) in [7, 11) is 1.68. The summed E-state index contributed by atoms with van der Waals surface area (Å²) < 4.78 is 47.1. The van der Waals surface area contributed by atoms with Gasteiger partial charge in [0, 0.05) is 19.2 Å². The van der Waals surface area contributed by atoms with Gasteiger partial charge in [0.25, 0.3) is 0 Å². The number of anilines is 2. The van der Waals surface area contributed by atoms with Crippen LogP contribution in [0.4, 0.5) is 24.5 Å². The van der Waals surface area contributed by atoms with Crippen molar-refractivity contribution in [2.24, 2.45) is 0 Å². The number of rotatable bonds is 5. The van der Waals surface area contributed by atoms with Gasteiger partial charge in [0.2, 0.25) is 0 Å². The van der Waals surface area contributed by atoms with Crippen molar-refractivity contribution in [1.82, 2.24) is 0 Å². The van der Waals surface area contributed by atoms with Gasteiger partial charge in [0.1, 0.15) is 5.76 Å². The summed E-state index contributed by atoms with van der Waals surface area (Å²) >= 11 is 0. The summed E-state index contributed by atoms with van der Waals surface area (Å²) in [5, 5.41) is 0. The highest BCUT2D eigenvalue weighted by Gasteiger charge is 2.16. The fourth-order valence-electron chi connectivity index (χ4n) is 1.80. The molecule has 0 unspecified atom stereocenters. The van der Waals surface area contributed by atoms with Crippen LogP contribution in [0, 0.1) is 5.82 Å². The van der Waals surface area contributed by atoms with Gasteiger partial charge in [-0.1, -0.05) is 0 Å². The first kappa shape index (κ1) is 14.1. The van der Waals surface area contributed by atoms with E-state index in [4.69, 9.17) is 10.2 Å². The second-order valence-corrected chi connectivity index (χ2v) is 4.16. The van der Waals surface area contributed by atoms with Gasteiger partial charge in [0.15, 0.2) is 11.6 Å². The number of nitrogen functional groups attached to an aromatic ring is 1. The highest BCUT2D eigenvalue weighted by Crippen LogP contribution is 2.32. The molecule has 20 heavy (non-hydrogen) atoms. The maximum atomic E-state index is 13.5. The molecule has 108 valence electrons. The van der Waals surface area contributed by atoms with Crippen LogP contribution < -0.4 is 15.4 Å². The van der Waals surface area contributed by atoms with Gasteiger partial charge in [-0.05, 0) is 12.1 Å². The third-order valence-electron chi connectivity index (χ3n) is 2.68. The molecule has 2 N–H and O–H groups in total. The van der Waals surface area contributed by atoms with E-state index in [-0.39, 0.29) is 5.69 Å². The molecule has 7 heteroatoms. The normalized spacial score (nSPS) is 10.8. The molecule has 0 aliphatic heterocycles. The van der Waals surface area contributed by atoms with E-state index in [1.165, 1.54) is 6.26 Å². The Labute approximate surface area is 113 Å². The molecule has 0 atom stereocenters. The zero-order chi connectivity index (χ0) is 14.7. The first-order valence-electron chi connectivity index (χ1n) is 5.74. The number of nitrogens with two attached hydrogens (primary N) is 1. The van der Waals surface area contributed by atoms with Crippen LogP contribution in [0.1, 0.15) is 5.76 Å². The van der Waals surface area contributed by atoms with Crippen molar-refractivity contribution in [3.05, 3.63) is 42.1 Å². The number of furan rings is 1. The highest BCUT2D eigenvalue weighted by atomic mass is 19.3. The zero-order valence-electron chi connectivity index (χ0n) is 10.6. The molecule has 0 spiro atoms. The van der Waals surface area contributed by atoms with E-state index in [0.717, 1.165) is 12.1 Å². The molecule has 1 aromatic carbocycles. The Bertz CT molecular complexity index is 573. The number of halogens is 3. The van der Waals surface area contributed by atoms with Gasteiger partial charge < -0.3 is 19.8 Å². The number of alkyl halides is 2. The van der Waals surface area contributed by atoms with Crippen molar-refractivity contribution in [2.75, 3.05) is 17.7 Å². The van der Waals surface area contributed by atoms with Gasteiger partial charge in [0.05, 0.1) is 24.2 Å². The van der Waals surface area contributed by atoms with E-state index in [0.29, 0.717) is 18.0 Å². The summed E-state index contributed by atoms with van der Waals surface area (Å²) in [5.41, 5.74) is 6.19. The molecule has 0 fully saturated rings. The molecule has 1 aromatic heterocycles. The molecule has 0 amide bonds. The van der Waals surface area contributed by atoms with Crippen molar-refractivity contribution in [3.8, 4) is 5.75 Å². The van der Waals surface area contributed by atoms with Crippen LogP contribution in [0.2, 0.25) is 0 Å². The fourth-order valence-corrected chi connectivity index (χ4v) is 1.80. The monoisotopic (exact) mass is 286 g/mol. The number of hydrogen-bond donors (Lipinski definition) is 1. The molecule has 0 aliphatic carbocycles. The van der Waals surface area contributed by atoms with Crippen LogP contribution in [0.5, 0.6) is 5.75 Å². The molecule has 0 saturated carbocycles. The van der Waals surface area contributed by atoms with Crippen LogP contribution in [0.3, 0.4) is 0 Å². The molecule has 1 heterocycles. The number of hydrogen-bond acceptors (Lipinski definition) is 4. The average molecular weight is 286 g/mol. The van der Waals surface area contributed by atoms with E-state index < -0.39 is 18.2 Å². The minimum atomic E-state index is -3.10. The number of nitrogens with zero attached hydrogens (tertiary/aromatic N) is 1. The minimum Gasteiger partial charge on any atom is -0.467 e. The van der Waals surface area contributed by atoms with E-state index >= 15 is 0 Å². The minimum absolute atomic E-state index is 0.123. The SMILES string of the molecule is CN(Cc1ccco1)c1cc(OC(F)F)c(F)cc1N. The Morgan fingerprint density at radius 3 is 2.75 bits per heavy atom. The van der Waals surface area contributed by atoms with Crippen molar-refractivity contribution in [2.45, 2.75) is 13.2 Å². The third-order valence-corrected chi connectivity index (χ3v) is 2.68. The molecule has 0 bridgehead atoms. The Hall–Kier alpha value is -2.31. The second kappa shape index (κ2) is 5.77. The highest BCUT2D eigenvalue weighted by molar-refractivity contribution is 5.69. The van der Waals surface area contributed by atoms with E-state index in [9.17, 15) is 13.2 Å². The van der Waals surface area contributed by atoms with E-state index in [2.05, 4.69) is 4.74 Å². The Morgan fingerprint density at radius 1 is 1.40 bits per heavy atom. The Balaban J connectivity index is 2.25. The lowest BCUT2D eigenvalue weighted by molar-refractivity contribution is -0.0521. The average Bonchev–Trinajstić information content (AvgIpc) is 2.84. The molecular weight excluding hydrogens is 273 g/mol. The molecule has 4 nitrogen and oxygen atoms in total. The van der Waals surface area contributed by atoms with Crippen molar-refractivity contribution in [3.63, 3.8) is 0 Å². The first-order valence-corrected chi connectivity index (χ1v) is 5.74. The summed E-state index contributed by atoms with van der Waals surface area (Å²) in [6.45, 7) is -2.74. The summed E-state index contributed by atoms with van der Waals surface area (Å²) in [5.74, 6) is -0.819. The Morgan fingerprint density at radius 2 is 2.15 bits per heavy atom. The van der Waals surface area contributed by atoms with Crippen LogP contribution in [-0.2, 0) is 6.54 Å². The summed E-state index contributed by atoms with van der Waals surface area (Å²) in [6, 6.07) is 5.57. The number of ether oxygens (including phenoxy) is 1. The molecule has 0 saturated heterocycles. The molecule has 2 aromatic rings. The predicted octanol–water partition coefficient (Wildman–Crippen LogP) is 3.24. The summed E-state index contributed by atoms with van der Waals surface area (Å²) in [6.07, 6.45) is 1.52. The smallest absolute Gasteiger partial charge is 0.387 e. The van der Waals surface area contributed by atoms with Crippen LogP contribution in [0.15, 0.2) is 34.9 Å². The van der Waals surface area contributed by atoms with Gasteiger partial charge in [-0.3, -0.25) is 0 Å². The first-order chi connectivity index (χ1) is 9.47. The van der Waals surface area contributed by atoms with Gasteiger partial charge in [-0.25, -0.2) is 4.39 Å². The lowest BCUT2D eigenvalue weighted by Crippen LogP contribution is -2.18. The molecule has 0 aliphatic rings. The predicted molar refractivity (Wildman–Crippen MR) is 68.3 cm³/mol.